The third-order valence-corrected chi connectivity index (χ3v) is 4.43. The number of likely N-dealkylation sites (N-methyl/N-ethyl adjacent to an activating group) is 1. The molecule has 2 aromatic rings. The summed E-state index contributed by atoms with van der Waals surface area (Å²) in [5, 5.41) is 3.17. The Balaban J connectivity index is 1.78. The molecule has 0 spiro atoms. The van der Waals surface area contributed by atoms with E-state index in [-0.39, 0.29) is 5.91 Å². The van der Waals surface area contributed by atoms with E-state index < -0.39 is 0 Å². The Labute approximate surface area is 162 Å². The molecule has 0 saturated carbocycles. The Hall–Kier alpha value is -2.53. The number of benzene rings is 1. The number of aliphatic imine (C=N–C) groups is 1. The van der Waals surface area contributed by atoms with Crippen LogP contribution in [0.25, 0.3) is 0 Å². The minimum atomic E-state index is 0.119. The van der Waals surface area contributed by atoms with Gasteiger partial charge in [-0.05, 0) is 50.5 Å². The number of amides is 1. The predicted octanol–water partition coefficient (Wildman–Crippen LogP) is 3.01. The van der Waals surface area contributed by atoms with E-state index in [4.69, 9.17) is 0 Å². The van der Waals surface area contributed by atoms with Crippen LogP contribution in [0, 0.1) is 6.92 Å². The first kappa shape index (κ1) is 20.8. The van der Waals surface area contributed by atoms with Gasteiger partial charge in [-0.25, -0.2) is 0 Å². The number of carbonyl (C=O) groups excluding carboxylic acids is 1. The fourth-order valence-corrected chi connectivity index (χ4v) is 2.78. The molecule has 0 aliphatic heterocycles. The van der Waals surface area contributed by atoms with E-state index in [2.05, 4.69) is 46.5 Å². The van der Waals surface area contributed by atoms with Gasteiger partial charge in [-0.15, -0.1) is 0 Å². The van der Waals surface area contributed by atoms with Crippen LogP contribution in [0.4, 0.5) is 0 Å². The molecule has 0 saturated heterocycles. The minimum Gasteiger partial charge on any atom is -0.342 e. The second kappa shape index (κ2) is 11.2. The highest BCUT2D eigenvalue weighted by Crippen LogP contribution is 2.04. The lowest BCUT2D eigenvalue weighted by atomic mass is 10.1. The van der Waals surface area contributed by atoms with Gasteiger partial charge in [0.05, 0.1) is 12.2 Å². The normalized spacial score (nSPS) is 11.1. The molecule has 0 atom stereocenters. The third kappa shape index (κ3) is 7.31. The summed E-state index contributed by atoms with van der Waals surface area (Å²) in [4.78, 5) is 22.7. The smallest absolute Gasteiger partial charge is 0.236 e. The molecule has 0 bridgehead atoms. The number of nitrogens with one attached hydrogen (secondary N) is 1. The SMILES string of the molecule is CCN(CC)C(=O)CNCc1cc(/C=N/CCc2ccc(C)cc2)ccn1. The molecule has 27 heavy (non-hydrogen) atoms. The van der Waals surface area contributed by atoms with Crippen molar-refractivity contribution >= 4 is 12.1 Å². The summed E-state index contributed by atoms with van der Waals surface area (Å²) in [6, 6.07) is 12.5. The molecular weight excluding hydrogens is 336 g/mol. The molecule has 1 amide bonds. The molecular formula is C22H30N4O. The van der Waals surface area contributed by atoms with Gasteiger partial charge < -0.3 is 10.2 Å². The molecule has 0 fully saturated rings. The molecule has 0 unspecified atom stereocenters. The Bertz CT molecular complexity index is 736. The average molecular weight is 367 g/mol. The summed E-state index contributed by atoms with van der Waals surface area (Å²) in [5.41, 5.74) is 4.51. The second-order valence-electron chi connectivity index (χ2n) is 6.52. The topological polar surface area (TPSA) is 57.6 Å². The number of aromatic nitrogens is 1. The van der Waals surface area contributed by atoms with Crippen molar-refractivity contribution in [3.8, 4) is 0 Å². The molecule has 0 radical (unpaired) electrons. The largest absolute Gasteiger partial charge is 0.342 e. The van der Waals surface area contributed by atoms with Crippen LogP contribution in [-0.4, -0.2) is 48.2 Å². The van der Waals surface area contributed by atoms with Gasteiger partial charge in [0.25, 0.3) is 0 Å². The zero-order valence-corrected chi connectivity index (χ0v) is 16.6. The number of carbonyl (C=O) groups is 1. The number of pyridine rings is 1. The van der Waals surface area contributed by atoms with Crippen LogP contribution >= 0.6 is 0 Å². The first-order valence-corrected chi connectivity index (χ1v) is 9.61. The third-order valence-electron chi connectivity index (χ3n) is 4.43. The number of nitrogens with zero attached hydrogens (tertiary/aromatic N) is 3. The van der Waals surface area contributed by atoms with Gasteiger partial charge in [-0.3, -0.25) is 14.8 Å². The fourth-order valence-electron chi connectivity index (χ4n) is 2.78. The van der Waals surface area contributed by atoms with Crippen molar-refractivity contribution in [1.29, 1.82) is 0 Å². The monoisotopic (exact) mass is 366 g/mol. The predicted molar refractivity (Wildman–Crippen MR) is 111 cm³/mol. The summed E-state index contributed by atoms with van der Waals surface area (Å²) in [6.45, 7) is 9.22. The van der Waals surface area contributed by atoms with Crippen LogP contribution in [0.15, 0.2) is 47.6 Å². The molecule has 5 nitrogen and oxygen atoms in total. The van der Waals surface area contributed by atoms with Gasteiger partial charge in [0.15, 0.2) is 0 Å². The van der Waals surface area contributed by atoms with Crippen LogP contribution in [0.1, 0.15) is 36.2 Å². The molecule has 0 aliphatic carbocycles. The Morgan fingerprint density at radius 2 is 1.93 bits per heavy atom. The highest BCUT2D eigenvalue weighted by molar-refractivity contribution is 5.79. The van der Waals surface area contributed by atoms with E-state index in [1.165, 1.54) is 11.1 Å². The molecule has 5 heteroatoms. The van der Waals surface area contributed by atoms with Crippen molar-refractivity contribution in [2.45, 2.75) is 33.7 Å². The number of hydrogen-bond acceptors (Lipinski definition) is 4. The lowest BCUT2D eigenvalue weighted by molar-refractivity contribution is -0.129. The lowest BCUT2D eigenvalue weighted by Gasteiger charge is -2.18. The van der Waals surface area contributed by atoms with Gasteiger partial charge in [0.2, 0.25) is 5.91 Å². The van der Waals surface area contributed by atoms with Gasteiger partial charge in [0, 0.05) is 38.6 Å². The van der Waals surface area contributed by atoms with Crippen LogP contribution in [0.2, 0.25) is 0 Å². The zero-order chi connectivity index (χ0) is 19.5. The number of aryl methyl sites for hydroxylation is 1. The highest BCUT2D eigenvalue weighted by atomic mass is 16.2. The van der Waals surface area contributed by atoms with Gasteiger partial charge >= 0.3 is 0 Å². The van der Waals surface area contributed by atoms with Crippen molar-refractivity contribution in [1.82, 2.24) is 15.2 Å². The van der Waals surface area contributed by atoms with Crippen LogP contribution in [0.5, 0.6) is 0 Å². The molecule has 0 aliphatic rings. The lowest BCUT2D eigenvalue weighted by Crippen LogP contribution is -2.37. The second-order valence-corrected chi connectivity index (χ2v) is 6.52. The highest BCUT2D eigenvalue weighted by Gasteiger charge is 2.08. The quantitative estimate of drug-likeness (QED) is 0.658. The maximum atomic E-state index is 12.0. The maximum Gasteiger partial charge on any atom is 0.236 e. The first-order valence-electron chi connectivity index (χ1n) is 9.61. The zero-order valence-electron chi connectivity index (χ0n) is 16.6. The van der Waals surface area contributed by atoms with E-state index in [9.17, 15) is 4.79 Å². The van der Waals surface area contributed by atoms with E-state index in [1.54, 1.807) is 6.20 Å². The van der Waals surface area contributed by atoms with E-state index in [1.807, 2.05) is 37.1 Å². The molecule has 1 N–H and O–H groups in total. The number of rotatable bonds is 10. The molecule has 2 rings (SSSR count). The van der Waals surface area contributed by atoms with Crippen LogP contribution in [-0.2, 0) is 17.8 Å². The molecule has 1 aromatic carbocycles. The minimum absolute atomic E-state index is 0.119. The summed E-state index contributed by atoms with van der Waals surface area (Å²) in [6.07, 6.45) is 4.61. The average Bonchev–Trinajstić information content (AvgIpc) is 2.68. The summed E-state index contributed by atoms with van der Waals surface area (Å²) < 4.78 is 0. The van der Waals surface area contributed by atoms with Crippen LogP contribution < -0.4 is 5.32 Å². The Morgan fingerprint density at radius 3 is 2.63 bits per heavy atom. The summed E-state index contributed by atoms with van der Waals surface area (Å²) >= 11 is 0. The summed E-state index contributed by atoms with van der Waals surface area (Å²) in [7, 11) is 0. The van der Waals surface area contributed by atoms with Crippen LogP contribution in [0.3, 0.4) is 0 Å². The molecule has 1 heterocycles. The van der Waals surface area contributed by atoms with Gasteiger partial charge in [-0.1, -0.05) is 29.8 Å². The van der Waals surface area contributed by atoms with Crippen molar-refractivity contribution < 1.29 is 4.79 Å². The standard InChI is InChI=1S/C22H30N4O/c1-4-26(5-2)22(27)17-24-16-21-14-20(11-13-25-21)15-23-12-10-19-8-6-18(3)7-9-19/h6-9,11,13-15,24H,4-5,10,12,16-17H2,1-3H3/b23-15+. The fraction of sp³-hybridized carbons (Fsp3) is 0.409. The molecule has 144 valence electrons. The maximum absolute atomic E-state index is 12.0. The Kier molecular flexibility index (Phi) is 8.65. The van der Waals surface area contributed by atoms with E-state index in [0.717, 1.165) is 37.3 Å². The van der Waals surface area contributed by atoms with E-state index in [0.29, 0.717) is 13.1 Å². The van der Waals surface area contributed by atoms with Crippen molar-refractivity contribution in [3.63, 3.8) is 0 Å². The van der Waals surface area contributed by atoms with Crippen molar-refractivity contribution in [3.05, 3.63) is 65.0 Å². The summed E-state index contributed by atoms with van der Waals surface area (Å²) in [5.74, 6) is 0.119. The van der Waals surface area contributed by atoms with Crippen molar-refractivity contribution in [2.75, 3.05) is 26.2 Å². The molecule has 1 aromatic heterocycles. The van der Waals surface area contributed by atoms with E-state index >= 15 is 0 Å². The van der Waals surface area contributed by atoms with Crippen molar-refractivity contribution in [2.24, 2.45) is 4.99 Å². The van der Waals surface area contributed by atoms with Gasteiger partial charge in [0.1, 0.15) is 0 Å². The Morgan fingerprint density at radius 1 is 1.19 bits per heavy atom. The van der Waals surface area contributed by atoms with Gasteiger partial charge in [-0.2, -0.15) is 0 Å². The number of hydrogen-bond donors (Lipinski definition) is 1. The first-order chi connectivity index (χ1) is 13.1.